The van der Waals surface area contributed by atoms with Crippen LogP contribution in [0, 0.1) is 11.3 Å². The molecule has 120 valence electrons. The molecule has 0 amide bonds. The lowest BCUT2D eigenvalue weighted by molar-refractivity contribution is -0.180. The Morgan fingerprint density at radius 1 is 1.00 bits per heavy atom. The normalized spacial score (nSPS) is 16.2. The molecule has 0 spiro atoms. The Bertz CT molecular complexity index is 379. The Kier molecular flexibility index (Phi) is 9.28. The summed E-state index contributed by atoms with van der Waals surface area (Å²) in [6.45, 7) is 2.46. The second-order valence-electron chi connectivity index (χ2n) is 4.16. The molecule has 0 bridgehead atoms. The minimum atomic E-state index is -1.20. The third-order valence-corrected chi connectivity index (χ3v) is 2.60. The topological polar surface area (TPSA) is 104 Å². The van der Waals surface area contributed by atoms with Gasteiger partial charge in [-0.2, -0.15) is 5.26 Å². The zero-order valence-electron chi connectivity index (χ0n) is 12.8. The molecule has 0 heterocycles. The lowest BCUT2D eigenvalue weighted by Crippen LogP contribution is -2.50. The van der Waals surface area contributed by atoms with Crippen LogP contribution in [0.25, 0.3) is 0 Å². The summed E-state index contributed by atoms with van der Waals surface area (Å²) in [5.74, 6) is -1.16. The Morgan fingerprint density at radius 2 is 1.52 bits per heavy atom. The second-order valence-corrected chi connectivity index (χ2v) is 4.16. The number of methoxy groups -OCH3 is 3. The SMILES string of the molecule is COC[C@@H](OC(C)=O)[C@@H](OC)[C@H](OC)[C@@H](C#N)OC(C)=O. The molecule has 0 fully saturated rings. The molecule has 0 aromatic heterocycles. The summed E-state index contributed by atoms with van der Waals surface area (Å²) >= 11 is 0. The van der Waals surface area contributed by atoms with Gasteiger partial charge in [0.15, 0.2) is 6.10 Å². The van der Waals surface area contributed by atoms with Gasteiger partial charge >= 0.3 is 11.9 Å². The minimum absolute atomic E-state index is 0.0379. The zero-order valence-corrected chi connectivity index (χ0v) is 12.8. The highest BCUT2D eigenvalue weighted by atomic mass is 16.6. The number of carbonyl (C=O) groups excluding carboxylic acids is 2. The molecule has 8 heteroatoms. The number of rotatable bonds is 9. The Morgan fingerprint density at radius 3 is 1.86 bits per heavy atom. The van der Waals surface area contributed by atoms with E-state index in [4.69, 9.17) is 28.9 Å². The van der Waals surface area contributed by atoms with Gasteiger partial charge in [0, 0.05) is 35.2 Å². The van der Waals surface area contributed by atoms with Crippen molar-refractivity contribution in [1.29, 1.82) is 5.26 Å². The van der Waals surface area contributed by atoms with E-state index in [9.17, 15) is 9.59 Å². The molecule has 0 aliphatic carbocycles. The third kappa shape index (κ3) is 6.53. The maximum absolute atomic E-state index is 11.2. The predicted molar refractivity (Wildman–Crippen MR) is 70.2 cm³/mol. The Hall–Kier alpha value is -1.69. The maximum atomic E-state index is 11.2. The number of nitriles is 1. The van der Waals surface area contributed by atoms with E-state index in [0.717, 1.165) is 0 Å². The molecule has 0 aromatic carbocycles. The lowest BCUT2D eigenvalue weighted by Gasteiger charge is -2.32. The highest BCUT2D eigenvalue weighted by Crippen LogP contribution is 2.17. The highest BCUT2D eigenvalue weighted by molar-refractivity contribution is 5.66. The van der Waals surface area contributed by atoms with Crippen molar-refractivity contribution in [1.82, 2.24) is 0 Å². The van der Waals surface area contributed by atoms with Crippen LogP contribution >= 0.6 is 0 Å². The van der Waals surface area contributed by atoms with Gasteiger partial charge in [-0.3, -0.25) is 9.59 Å². The number of ether oxygens (including phenoxy) is 5. The fourth-order valence-corrected chi connectivity index (χ4v) is 1.85. The fraction of sp³-hybridized carbons (Fsp3) is 0.769. The van der Waals surface area contributed by atoms with Crippen molar-refractivity contribution in [2.75, 3.05) is 27.9 Å². The van der Waals surface area contributed by atoms with E-state index in [1.165, 1.54) is 35.2 Å². The summed E-state index contributed by atoms with van der Waals surface area (Å²) in [6, 6.07) is 1.82. The third-order valence-electron chi connectivity index (χ3n) is 2.60. The van der Waals surface area contributed by atoms with Crippen LogP contribution in [0.1, 0.15) is 13.8 Å². The van der Waals surface area contributed by atoms with Crippen molar-refractivity contribution < 1.29 is 33.3 Å². The summed E-state index contributed by atoms with van der Waals surface area (Å²) in [6.07, 6.45) is -3.80. The number of nitrogens with zero attached hydrogens (tertiary/aromatic N) is 1. The number of esters is 2. The van der Waals surface area contributed by atoms with Crippen LogP contribution in [-0.2, 0) is 33.3 Å². The largest absolute Gasteiger partial charge is 0.457 e. The van der Waals surface area contributed by atoms with Crippen molar-refractivity contribution >= 4 is 11.9 Å². The minimum Gasteiger partial charge on any atom is -0.457 e. The van der Waals surface area contributed by atoms with Crippen LogP contribution in [0.3, 0.4) is 0 Å². The van der Waals surface area contributed by atoms with E-state index in [-0.39, 0.29) is 6.61 Å². The molecule has 21 heavy (non-hydrogen) atoms. The van der Waals surface area contributed by atoms with Crippen LogP contribution in [0.5, 0.6) is 0 Å². The lowest BCUT2D eigenvalue weighted by atomic mass is 10.0. The molecule has 0 aliphatic rings. The fourth-order valence-electron chi connectivity index (χ4n) is 1.85. The molecule has 0 rings (SSSR count). The van der Waals surface area contributed by atoms with E-state index < -0.39 is 36.4 Å². The first-order valence-corrected chi connectivity index (χ1v) is 6.19. The second kappa shape index (κ2) is 10.1. The maximum Gasteiger partial charge on any atom is 0.304 e. The average Bonchev–Trinajstić information content (AvgIpc) is 2.41. The number of hydrogen-bond acceptors (Lipinski definition) is 8. The summed E-state index contributed by atoms with van der Waals surface area (Å²) < 4.78 is 25.4. The molecule has 0 aliphatic heterocycles. The quantitative estimate of drug-likeness (QED) is 0.550. The molecule has 0 saturated carbocycles. The van der Waals surface area contributed by atoms with Crippen molar-refractivity contribution in [2.24, 2.45) is 0 Å². The van der Waals surface area contributed by atoms with Gasteiger partial charge in [0.05, 0.1) is 6.61 Å². The van der Waals surface area contributed by atoms with Gasteiger partial charge in [0.2, 0.25) is 6.10 Å². The van der Waals surface area contributed by atoms with Crippen molar-refractivity contribution in [3.63, 3.8) is 0 Å². The van der Waals surface area contributed by atoms with Gasteiger partial charge in [0.25, 0.3) is 0 Å². The van der Waals surface area contributed by atoms with Gasteiger partial charge in [-0.15, -0.1) is 0 Å². The molecule has 0 radical (unpaired) electrons. The smallest absolute Gasteiger partial charge is 0.304 e. The first-order valence-electron chi connectivity index (χ1n) is 6.19. The van der Waals surface area contributed by atoms with E-state index in [1.807, 2.05) is 6.07 Å². The van der Waals surface area contributed by atoms with Crippen LogP contribution in [0.15, 0.2) is 0 Å². The van der Waals surface area contributed by atoms with Crippen LogP contribution in [-0.4, -0.2) is 64.3 Å². The molecule has 8 nitrogen and oxygen atoms in total. The predicted octanol–water partition coefficient (Wildman–Crippen LogP) is 0.0498. The molecule has 0 unspecified atom stereocenters. The molecule has 0 aromatic rings. The van der Waals surface area contributed by atoms with E-state index >= 15 is 0 Å². The Labute approximate surface area is 123 Å². The molecule has 0 saturated heterocycles. The summed E-state index contributed by atoms with van der Waals surface area (Å²) in [5.41, 5.74) is 0. The average molecular weight is 303 g/mol. The molecule has 0 N–H and O–H groups in total. The standard InChI is InChI=1S/C13H21NO7/c1-8(15)20-10(6-14)12(18-4)13(19-5)11(7-17-3)21-9(2)16/h10-13H,7H2,1-5H3/t10-,11-,12-,13-/m1/s1. The zero-order chi connectivity index (χ0) is 16.4. The highest BCUT2D eigenvalue weighted by Gasteiger charge is 2.39. The first kappa shape index (κ1) is 19.3. The van der Waals surface area contributed by atoms with Gasteiger partial charge in [-0.1, -0.05) is 0 Å². The van der Waals surface area contributed by atoms with E-state index in [2.05, 4.69) is 0 Å². The van der Waals surface area contributed by atoms with Crippen LogP contribution < -0.4 is 0 Å². The first-order chi connectivity index (χ1) is 9.90. The van der Waals surface area contributed by atoms with Gasteiger partial charge in [-0.25, -0.2) is 0 Å². The number of carbonyl (C=O) groups is 2. The van der Waals surface area contributed by atoms with Gasteiger partial charge in [-0.05, 0) is 0 Å². The van der Waals surface area contributed by atoms with Gasteiger partial charge in [0.1, 0.15) is 18.3 Å². The van der Waals surface area contributed by atoms with Gasteiger partial charge < -0.3 is 23.7 Å². The number of hydrogen-bond donors (Lipinski definition) is 0. The summed E-state index contributed by atoms with van der Waals surface area (Å²) in [4.78, 5) is 22.2. The van der Waals surface area contributed by atoms with Crippen LogP contribution in [0.4, 0.5) is 0 Å². The van der Waals surface area contributed by atoms with Crippen LogP contribution in [0.2, 0.25) is 0 Å². The Balaban J connectivity index is 5.24. The molecule has 4 atom stereocenters. The molecular weight excluding hydrogens is 282 g/mol. The van der Waals surface area contributed by atoms with E-state index in [1.54, 1.807) is 0 Å². The molecular formula is C13H21NO7. The van der Waals surface area contributed by atoms with E-state index in [0.29, 0.717) is 0 Å². The van der Waals surface area contributed by atoms with Crippen molar-refractivity contribution in [3.8, 4) is 6.07 Å². The monoisotopic (exact) mass is 303 g/mol. The van der Waals surface area contributed by atoms with Crippen molar-refractivity contribution in [2.45, 2.75) is 38.3 Å². The van der Waals surface area contributed by atoms with Crippen molar-refractivity contribution in [3.05, 3.63) is 0 Å². The summed E-state index contributed by atoms with van der Waals surface area (Å²) in [5, 5.41) is 9.11. The summed E-state index contributed by atoms with van der Waals surface area (Å²) in [7, 11) is 4.13.